The zero-order valence-electron chi connectivity index (χ0n) is 10.0. The summed E-state index contributed by atoms with van der Waals surface area (Å²) in [7, 11) is 1.31. The lowest BCUT2D eigenvalue weighted by Gasteiger charge is -2.14. The van der Waals surface area contributed by atoms with Crippen molar-refractivity contribution in [2.24, 2.45) is 0 Å². The molecule has 108 valence electrons. The Hall–Kier alpha value is -1.77. The number of halogens is 5. The van der Waals surface area contributed by atoms with E-state index >= 15 is 0 Å². The van der Waals surface area contributed by atoms with Crippen molar-refractivity contribution in [3.63, 3.8) is 0 Å². The molecular weight excluding hydrogens is 346 g/mol. The highest BCUT2D eigenvalue weighted by atomic mass is 79.9. The molecule has 0 aliphatic rings. The smallest absolute Gasteiger partial charge is 0.435 e. The SMILES string of the molecule is COc1cc(F)c(-n2ncc(N)c2C(F)(F)F)c(Br)c1. The first kappa shape index (κ1) is 14.6. The Bertz CT molecular complexity index is 631. The van der Waals surface area contributed by atoms with Gasteiger partial charge in [0.05, 0.1) is 19.0 Å². The van der Waals surface area contributed by atoms with Crippen LogP contribution in [0.4, 0.5) is 23.2 Å². The number of rotatable bonds is 2. The van der Waals surface area contributed by atoms with Gasteiger partial charge in [-0.25, -0.2) is 9.07 Å². The van der Waals surface area contributed by atoms with E-state index in [1.165, 1.54) is 13.2 Å². The lowest BCUT2D eigenvalue weighted by atomic mass is 10.2. The number of hydrogen-bond acceptors (Lipinski definition) is 3. The van der Waals surface area contributed by atoms with Crippen molar-refractivity contribution in [2.75, 3.05) is 12.8 Å². The van der Waals surface area contributed by atoms with Gasteiger partial charge in [-0.1, -0.05) is 0 Å². The molecule has 2 N–H and O–H groups in total. The van der Waals surface area contributed by atoms with Gasteiger partial charge in [-0.2, -0.15) is 18.3 Å². The van der Waals surface area contributed by atoms with Crippen LogP contribution in [0.3, 0.4) is 0 Å². The number of anilines is 1. The predicted octanol–water partition coefficient (Wildman–Crippen LogP) is 3.38. The first-order valence-corrected chi connectivity index (χ1v) is 5.99. The second-order valence-corrected chi connectivity index (χ2v) is 4.65. The van der Waals surface area contributed by atoms with Crippen LogP contribution < -0.4 is 10.5 Å². The van der Waals surface area contributed by atoms with Crippen LogP contribution in [-0.2, 0) is 6.18 Å². The Morgan fingerprint density at radius 3 is 2.50 bits per heavy atom. The molecule has 0 atom stereocenters. The van der Waals surface area contributed by atoms with E-state index in [-0.39, 0.29) is 10.2 Å². The van der Waals surface area contributed by atoms with E-state index in [0.29, 0.717) is 4.68 Å². The van der Waals surface area contributed by atoms with Gasteiger partial charge in [0.25, 0.3) is 0 Å². The Balaban J connectivity index is 2.70. The second kappa shape index (κ2) is 4.97. The topological polar surface area (TPSA) is 53.1 Å². The van der Waals surface area contributed by atoms with E-state index in [2.05, 4.69) is 21.0 Å². The molecule has 0 fully saturated rings. The molecule has 0 saturated carbocycles. The summed E-state index contributed by atoms with van der Waals surface area (Å²) in [4.78, 5) is 0. The average molecular weight is 354 g/mol. The van der Waals surface area contributed by atoms with Gasteiger partial charge in [-0.05, 0) is 22.0 Å². The lowest BCUT2D eigenvalue weighted by molar-refractivity contribution is -0.142. The zero-order chi connectivity index (χ0) is 15.1. The molecule has 0 bridgehead atoms. The maximum absolute atomic E-state index is 14.0. The molecule has 0 aliphatic carbocycles. The maximum Gasteiger partial charge on any atom is 0.435 e. The summed E-state index contributed by atoms with van der Waals surface area (Å²) in [6.45, 7) is 0. The number of nitrogens with zero attached hydrogens (tertiary/aromatic N) is 2. The molecular formula is C11H8BrF4N3O. The molecule has 1 heterocycles. The Labute approximate surface area is 119 Å². The summed E-state index contributed by atoms with van der Waals surface area (Å²) < 4.78 is 58.1. The third-order valence-electron chi connectivity index (χ3n) is 2.50. The van der Waals surface area contributed by atoms with Crippen LogP contribution in [0.5, 0.6) is 5.75 Å². The van der Waals surface area contributed by atoms with Gasteiger partial charge in [0, 0.05) is 10.5 Å². The first-order valence-electron chi connectivity index (χ1n) is 5.19. The molecule has 2 aromatic rings. The van der Waals surface area contributed by atoms with Gasteiger partial charge in [0.1, 0.15) is 11.4 Å². The largest absolute Gasteiger partial charge is 0.497 e. The van der Waals surface area contributed by atoms with Crippen LogP contribution in [0.25, 0.3) is 5.69 Å². The fourth-order valence-corrected chi connectivity index (χ4v) is 2.26. The standard InChI is InChI=1S/C11H8BrF4N3O/c1-20-5-2-6(12)9(7(13)3-5)19-10(11(14,15)16)8(17)4-18-19/h2-4H,17H2,1H3. The number of benzene rings is 1. The Kier molecular flexibility index (Phi) is 3.63. The van der Waals surface area contributed by atoms with Crippen LogP contribution in [0.1, 0.15) is 5.69 Å². The second-order valence-electron chi connectivity index (χ2n) is 3.80. The summed E-state index contributed by atoms with van der Waals surface area (Å²) in [5.74, 6) is -0.767. The molecule has 4 nitrogen and oxygen atoms in total. The number of aromatic nitrogens is 2. The third kappa shape index (κ3) is 2.45. The quantitative estimate of drug-likeness (QED) is 0.842. The minimum absolute atomic E-state index is 0.0583. The molecule has 2 rings (SSSR count). The summed E-state index contributed by atoms with van der Waals surface area (Å²) in [6.07, 6.45) is -3.94. The molecule has 9 heteroatoms. The molecule has 0 saturated heterocycles. The predicted molar refractivity (Wildman–Crippen MR) is 67.2 cm³/mol. The van der Waals surface area contributed by atoms with Crippen molar-refractivity contribution < 1.29 is 22.3 Å². The monoisotopic (exact) mass is 353 g/mol. The molecule has 20 heavy (non-hydrogen) atoms. The van der Waals surface area contributed by atoms with Crippen LogP contribution in [0.2, 0.25) is 0 Å². The molecule has 1 aromatic heterocycles. The van der Waals surface area contributed by atoms with Gasteiger partial charge in [0.15, 0.2) is 11.5 Å². The zero-order valence-corrected chi connectivity index (χ0v) is 11.6. The van der Waals surface area contributed by atoms with Gasteiger partial charge >= 0.3 is 6.18 Å². The molecule has 0 unspecified atom stereocenters. The summed E-state index contributed by atoms with van der Waals surface area (Å²) in [5.41, 5.74) is 3.04. The minimum Gasteiger partial charge on any atom is -0.497 e. The Morgan fingerprint density at radius 1 is 1.35 bits per heavy atom. The average Bonchev–Trinajstić information content (AvgIpc) is 2.69. The highest BCUT2D eigenvalue weighted by molar-refractivity contribution is 9.10. The first-order chi connectivity index (χ1) is 9.25. The van der Waals surface area contributed by atoms with Gasteiger partial charge in [-0.3, -0.25) is 0 Å². The van der Waals surface area contributed by atoms with E-state index < -0.39 is 29.1 Å². The van der Waals surface area contributed by atoms with E-state index in [9.17, 15) is 17.6 Å². The molecule has 0 radical (unpaired) electrons. The number of methoxy groups -OCH3 is 1. The third-order valence-corrected chi connectivity index (χ3v) is 3.11. The summed E-state index contributed by atoms with van der Waals surface area (Å²) >= 11 is 3.00. The van der Waals surface area contributed by atoms with Crippen molar-refractivity contribution in [3.05, 3.63) is 34.3 Å². The van der Waals surface area contributed by atoms with Gasteiger partial charge in [-0.15, -0.1) is 0 Å². The lowest BCUT2D eigenvalue weighted by Crippen LogP contribution is -2.16. The van der Waals surface area contributed by atoms with Crippen molar-refractivity contribution in [2.45, 2.75) is 6.18 Å². The molecule has 0 amide bonds. The maximum atomic E-state index is 14.0. The van der Waals surface area contributed by atoms with E-state index in [1.54, 1.807) is 0 Å². The fraction of sp³-hybridized carbons (Fsp3) is 0.182. The van der Waals surface area contributed by atoms with Crippen molar-refractivity contribution in [3.8, 4) is 11.4 Å². The summed E-state index contributed by atoms with van der Waals surface area (Å²) in [6, 6.07) is 2.29. The van der Waals surface area contributed by atoms with E-state index in [4.69, 9.17) is 10.5 Å². The molecule has 0 aliphatic heterocycles. The number of ether oxygens (including phenoxy) is 1. The van der Waals surface area contributed by atoms with E-state index in [0.717, 1.165) is 12.3 Å². The van der Waals surface area contributed by atoms with Gasteiger partial charge < -0.3 is 10.5 Å². The van der Waals surface area contributed by atoms with Crippen molar-refractivity contribution in [1.82, 2.24) is 9.78 Å². The van der Waals surface area contributed by atoms with Crippen molar-refractivity contribution in [1.29, 1.82) is 0 Å². The van der Waals surface area contributed by atoms with Gasteiger partial charge in [0.2, 0.25) is 0 Å². The minimum atomic E-state index is -4.76. The van der Waals surface area contributed by atoms with Crippen molar-refractivity contribution >= 4 is 21.6 Å². The molecule has 0 spiro atoms. The van der Waals surface area contributed by atoms with Crippen LogP contribution in [-0.4, -0.2) is 16.9 Å². The normalized spacial score (nSPS) is 11.7. The number of nitrogens with two attached hydrogens (primary N) is 1. The fourth-order valence-electron chi connectivity index (χ4n) is 1.68. The number of hydrogen-bond donors (Lipinski definition) is 1. The van der Waals surface area contributed by atoms with Crippen LogP contribution in [0, 0.1) is 5.82 Å². The molecule has 1 aromatic carbocycles. The number of nitrogen functional groups attached to an aromatic ring is 1. The van der Waals surface area contributed by atoms with E-state index in [1.807, 2.05) is 0 Å². The highest BCUT2D eigenvalue weighted by Crippen LogP contribution is 2.37. The van der Waals surface area contributed by atoms with Crippen LogP contribution >= 0.6 is 15.9 Å². The van der Waals surface area contributed by atoms with Crippen LogP contribution in [0.15, 0.2) is 22.8 Å². The Morgan fingerprint density at radius 2 is 2.00 bits per heavy atom. The summed E-state index contributed by atoms with van der Waals surface area (Å²) in [5, 5.41) is 3.49. The highest BCUT2D eigenvalue weighted by Gasteiger charge is 2.39. The number of alkyl halides is 3.